The summed E-state index contributed by atoms with van der Waals surface area (Å²) in [6, 6.07) is 8.47. The fourth-order valence-electron chi connectivity index (χ4n) is 3.31. The number of nitrogens with one attached hydrogen (secondary N) is 1. The predicted octanol–water partition coefficient (Wildman–Crippen LogP) is 2.77. The van der Waals surface area contributed by atoms with Crippen LogP contribution in [0.15, 0.2) is 55.4 Å². The van der Waals surface area contributed by atoms with Crippen molar-refractivity contribution in [3.63, 3.8) is 0 Å². The fraction of sp³-hybridized carbons (Fsp3) is 0.300. The number of likely N-dealkylation sites (N-methyl/N-ethyl adjacent to an activating group) is 1. The van der Waals surface area contributed by atoms with E-state index in [2.05, 4.69) is 63.0 Å². The van der Waals surface area contributed by atoms with Crippen molar-refractivity contribution in [3.8, 4) is 11.3 Å². The quantitative estimate of drug-likeness (QED) is 0.786. The van der Waals surface area contributed by atoms with Gasteiger partial charge in [0.15, 0.2) is 0 Å². The van der Waals surface area contributed by atoms with Crippen molar-refractivity contribution < 1.29 is 0 Å². The molecule has 1 aliphatic heterocycles. The molecular formula is C20H24N6. The number of hydrogen-bond donors (Lipinski definition) is 1. The summed E-state index contributed by atoms with van der Waals surface area (Å²) in [6.07, 6.45) is 5.61. The summed E-state index contributed by atoms with van der Waals surface area (Å²) in [6.45, 7) is 8.28. The van der Waals surface area contributed by atoms with Gasteiger partial charge in [0.1, 0.15) is 5.82 Å². The minimum Gasteiger partial charge on any atom is -0.356 e. The Hall–Kier alpha value is -2.86. The Bertz CT molecular complexity index is 936. The summed E-state index contributed by atoms with van der Waals surface area (Å²) in [4.78, 5) is 13.4. The van der Waals surface area contributed by atoms with E-state index in [1.807, 2.05) is 30.3 Å². The largest absolute Gasteiger partial charge is 0.356 e. The van der Waals surface area contributed by atoms with Crippen LogP contribution in [0.3, 0.4) is 0 Å². The lowest BCUT2D eigenvalue weighted by Crippen LogP contribution is -2.44. The Balaban J connectivity index is 1.56. The van der Waals surface area contributed by atoms with Crippen molar-refractivity contribution in [2.24, 2.45) is 7.05 Å². The summed E-state index contributed by atoms with van der Waals surface area (Å²) in [5, 5.41) is 5.63. The Morgan fingerprint density at radius 1 is 1.04 bits per heavy atom. The normalized spacial score (nSPS) is 15.4. The molecule has 26 heavy (non-hydrogen) atoms. The minimum absolute atomic E-state index is 0.823. The molecule has 1 saturated heterocycles. The van der Waals surface area contributed by atoms with E-state index in [1.54, 1.807) is 0 Å². The Labute approximate surface area is 153 Å². The maximum absolute atomic E-state index is 4.54. The Morgan fingerprint density at radius 3 is 2.58 bits per heavy atom. The van der Waals surface area contributed by atoms with E-state index < -0.39 is 0 Å². The van der Waals surface area contributed by atoms with Crippen LogP contribution in [-0.4, -0.2) is 57.6 Å². The van der Waals surface area contributed by atoms with Crippen LogP contribution in [0.25, 0.3) is 22.0 Å². The van der Waals surface area contributed by atoms with Crippen LogP contribution in [0, 0.1) is 0 Å². The summed E-state index contributed by atoms with van der Waals surface area (Å²) in [5.41, 5.74) is 2.24. The monoisotopic (exact) mass is 348 g/mol. The number of aromatic nitrogens is 3. The van der Waals surface area contributed by atoms with Crippen LogP contribution < -0.4 is 5.32 Å². The number of nitrogens with zero attached hydrogens (tertiary/aromatic N) is 5. The average Bonchev–Trinajstić information content (AvgIpc) is 3.07. The van der Waals surface area contributed by atoms with Crippen molar-refractivity contribution in [1.29, 1.82) is 0 Å². The number of pyridine rings is 1. The van der Waals surface area contributed by atoms with Gasteiger partial charge in [0.25, 0.3) is 0 Å². The molecule has 0 amide bonds. The molecule has 4 rings (SSSR count). The number of benzene rings is 1. The number of rotatable bonds is 4. The van der Waals surface area contributed by atoms with Crippen LogP contribution >= 0.6 is 0 Å². The molecule has 0 bridgehead atoms. The van der Waals surface area contributed by atoms with Crippen LogP contribution in [0.5, 0.6) is 0 Å². The lowest BCUT2D eigenvalue weighted by molar-refractivity contribution is 0.188. The van der Waals surface area contributed by atoms with Gasteiger partial charge in [0, 0.05) is 50.4 Å². The Kier molecular flexibility index (Phi) is 4.34. The first-order chi connectivity index (χ1) is 12.6. The molecule has 0 atom stereocenters. The molecule has 1 aromatic carbocycles. The topological polar surface area (TPSA) is 49.2 Å². The highest BCUT2D eigenvalue weighted by molar-refractivity contribution is 5.88. The molecule has 0 radical (unpaired) electrons. The number of hydrogen-bond acceptors (Lipinski definition) is 5. The second-order valence-corrected chi connectivity index (χ2v) is 6.88. The van der Waals surface area contributed by atoms with Gasteiger partial charge in [-0.2, -0.15) is 0 Å². The molecule has 6 heteroatoms. The molecule has 6 nitrogen and oxygen atoms in total. The number of imidazole rings is 1. The zero-order chi connectivity index (χ0) is 18.1. The number of fused-ring (bicyclic) bond motifs is 1. The van der Waals surface area contributed by atoms with Crippen LogP contribution in [0.4, 0.5) is 5.82 Å². The van der Waals surface area contributed by atoms with E-state index >= 15 is 0 Å². The van der Waals surface area contributed by atoms with Crippen molar-refractivity contribution in [2.75, 3.05) is 38.5 Å². The summed E-state index contributed by atoms with van der Waals surface area (Å²) < 4.78 is 2.02. The Morgan fingerprint density at radius 2 is 1.85 bits per heavy atom. The predicted molar refractivity (Wildman–Crippen MR) is 106 cm³/mol. The van der Waals surface area contributed by atoms with E-state index in [0.29, 0.717) is 0 Å². The summed E-state index contributed by atoms with van der Waals surface area (Å²) in [5.74, 6) is 1.73. The zero-order valence-electron chi connectivity index (χ0n) is 15.3. The molecule has 0 saturated carbocycles. The molecular weight excluding hydrogens is 324 g/mol. The van der Waals surface area contributed by atoms with E-state index in [-0.39, 0.29) is 0 Å². The molecule has 3 aromatic rings. The van der Waals surface area contributed by atoms with Gasteiger partial charge >= 0.3 is 0 Å². The second-order valence-electron chi connectivity index (χ2n) is 6.88. The van der Waals surface area contributed by atoms with Crippen LogP contribution in [0.2, 0.25) is 0 Å². The number of aryl methyl sites for hydroxylation is 1. The molecule has 0 unspecified atom stereocenters. The maximum Gasteiger partial charge on any atom is 0.131 e. The van der Waals surface area contributed by atoms with Crippen LogP contribution in [0.1, 0.15) is 0 Å². The van der Waals surface area contributed by atoms with Gasteiger partial charge < -0.3 is 19.7 Å². The maximum atomic E-state index is 4.54. The number of piperazine rings is 1. The summed E-state index contributed by atoms with van der Waals surface area (Å²) >= 11 is 0. The van der Waals surface area contributed by atoms with Crippen molar-refractivity contribution in [2.45, 2.75) is 0 Å². The zero-order valence-corrected chi connectivity index (χ0v) is 15.3. The van der Waals surface area contributed by atoms with Gasteiger partial charge in [0.05, 0.1) is 24.0 Å². The second kappa shape index (κ2) is 6.80. The SMILES string of the molecule is C=C(Nc1cc2cc(-c3cncn3C)ccc2cn1)N1CCN(C)CC1. The fourth-order valence-corrected chi connectivity index (χ4v) is 3.31. The first-order valence-electron chi connectivity index (χ1n) is 8.86. The highest BCUT2D eigenvalue weighted by Gasteiger charge is 2.15. The van der Waals surface area contributed by atoms with Gasteiger partial charge in [-0.05, 0) is 24.6 Å². The van der Waals surface area contributed by atoms with E-state index in [4.69, 9.17) is 0 Å². The van der Waals surface area contributed by atoms with Crippen molar-refractivity contribution >= 4 is 16.6 Å². The third-order valence-corrected chi connectivity index (χ3v) is 4.99. The first-order valence-corrected chi connectivity index (χ1v) is 8.86. The lowest BCUT2D eigenvalue weighted by Gasteiger charge is -2.35. The smallest absolute Gasteiger partial charge is 0.131 e. The molecule has 134 valence electrons. The highest BCUT2D eigenvalue weighted by atomic mass is 15.3. The van der Waals surface area contributed by atoms with Crippen LogP contribution in [-0.2, 0) is 7.05 Å². The summed E-state index contributed by atoms with van der Waals surface area (Å²) in [7, 11) is 4.16. The van der Waals surface area contributed by atoms with Crippen molar-refractivity contribution in [3.05, 3.63) is 55.4 Å². The highest BCUT2D eigenvalue weighted by Crippen LogP contribution is 2.25. The first kappa shape index (κ1) is 16.6. The molecule has 2 aromatic heterocycles. The van der Waals surface area contributed by atoms with E-state index in [9.17, 15) is 0 Å². The van der Waals surface area contributed by atoms with Gasteiger partial charge in [-0.25, -0.2) is 9.97 Å². The average molecular weight is 348 g/mol. The van der Waals surface area contributed by atoms with Gasteiger partial charge in [-0.1, -0.05) is 18.7 Å². The molecule has 3 heterocycles. The molecule has 1 fully saturated rings. The van der Waals surface area contributed by atoms with E-state index in [1.165, 1.54) is 0 Å². The third-order valence-electron chi connectivity index (χ3n) is 4.99. The third kappa shape index (κ3) is 3.28. The number of anilines is 1. The van der Waals surface area contributed by atoms with Gasteiger partial charge in [-0.15, -0.1) is 0 Å². The molecule has 0 aliphatic carbocycles. The molecule has 0 spiro atoms. The molecule has 1 N–H and O–H groups in total. The lowest BCUT2D eigenvalue weighted by atomic mass is 10.1. The minimum atomic E-state index is 0.823. The standard InChI is InChI=1S/C20H24N6/c1-15(26-8-6-24(2)7-9-26)23-20-11-18-10-16(4-5-17(18)12-22-20)19-13-21-14-25(19)3/h4-5,10-14H,1,6-9H2,2-3H3,(H,22,23). The molecule has 1 aliphatic rings. The van der Waals surface area contributed by atoms with E-state index in [0.717, 1.165) is 59.8 Å². The van der Waals surface area contributed by atoms with Crippen molar-refractivity contribution in [1.82, 2.24) is 24.3 Å². The van der Waals surface area contributed by atoms with Gasteiger partial charge in [0.2, 0.25) is 0 Å². The van der Waals surface area contributed by atoms with Gasteiger partial charge in [-0.3, -0.25) is 0 Å².